The van der Waals surface area contributed by atoms with Gasteiger partial charge >= 0.3 is 0 Å². The van der Waals surface area contributed by atoms with Crippen LogP contribution in [0, 0.1) is 5.92 Å². The van der Waals surface area contributed by atoms with Crippen LogP contribution in [-0.4, -0.2) is 12.6 Å². The standard InChI is InChI=1S/C18H22N2/c19-11-14-7-10-18(17-4-2-1-3-16(14)17)20(15-8-9-15)12-13-5-6-13/h1-4,7,10,13,15H,5-6,8-9,11-12,19H2. The van der Waals surface area contributed by atoms with Crippen LogP contribution in [-0.2, 0) is 6.54 Å². The molecule has 0 spiro atoms. The van der Waals surface area contributed by atoms with Gasteiger partial charge in [-0.25, -0.2) is 0 Å². The smallest absolute Gasteiger partial charge is 0.0448 e. The van der Waals surface area contributed by atoms with Crippen molar-refractivity contribution in [3.63, 3.8) is 0 Å². The molecule has 0 amide bonds. The first-order valence-electron chi connectivity index (χ1n) is 7.84. The van der Waals surface area contributed by atoms with E-state index >= 15 is 0 Å². The summed E-state index contributed by atoms with van der Waals surface area (Å²) in [6, 6.07) is 14.0. The van der Waals surface area contributed by atoms with Gasteiger partial charge in [0.1, 0.15) is 0 Å². The lowest BCUT2D eigenvalue weighted by Crippen LogP contribution is -2.28. The number of hydrogen-bond donors (Lipinski definition) is 1. The van der Waals surface area contributed by atoms with E-state index in [2.05, 4.69) is 41.3 Å². The second kappa shape index (κ2) is 4.78. The topological polar surface area (TPSA) is 29.3 Å². The molecule has 0 aromatic heterocycles. The zero-order valence-corrected chi connectivity index (χ0v) is 11.9. The molecule has 2 fully saturated rings. The minimum Gasteiger partial charge on any atom is -0.368 e. The van der Waals surface area contributed by atoms with Crippen LogP contribution in [0.1, 0.15) is 31.2 Å². The Balaban J connectivity index is 1.81. The van der Waals surface area contributed by atoms with E-state index < -0.39 is 0 Å². The largest absolute Gasteiger partial charge is 0.368 e. The number of benzene rings is 2. The molecule has 0 atom stereocenters. The highest BCUT2D eigenvalue weighted by Crippen LogP contribution is 2.40. The summed E-state index contributed by atoms with van der Waals surface area (Å²) in [4.78, 5) is 2.67. The molecule has 0 aliphatic heterocycles. The number of nitrogens with two attached hydrogens (primary N) is 1. The minimum absolute atomic E-state index is 0.618. The van der Waals surface area contributed by atoms with Gasteiger partial charge in [-0.05, 0) is 48.6 Å². The third kappa shape index (κ3) is 2.18. The number of nitrogens with zero attached hydrogens (tertiary/aromatic N) is 1. The Labute approximate surface area is 120 Å². The molecule has 0 heterocycles. The van der Waals surface area contributed by atoms with Crippen LogP contribution in [0.25, 0.3) is 10.8 Å². The molecule has 0 bridgehead atoms. The maximum absolute atomic E-state index is 5.89. The fraction of sp³-hybridized carbons (Fsp3) is 0.444. The summed E-state index contributed by atoms with van der Waals surface area (Å²) in [6.45, 7) is 1.86. The fourth-order valence-corrected chi connectivity index (χ4v) is 3.18. The van der Waals surface area contributed by atoms with E-state index in [4.69, 9.17) is 5.73 Å². The Bertz CT molecular complexity index is 626. The second-order valence-corrected chi connectivity index (χ2v) is 6.32. The summed E-state index contributed by atoms with van der Waals surface area (Å²) in [5.41, 5.74) is 8.57. The van der Waals surface area contributed by atoms with Crippen molar-refractivity contribution < 1.29 is 0 Å². The molecule has 2 aliphatic carbocycles. The number of anilines is 1. The fourth-order valence-electron chi connectivity index (χ4n) is 3.18. The lowest BCUT2D eigenvalue weighted by molar-refractivity contribution is 0.721. The molecule has 0 unspecified atom stereocenters. The summed E-state index contributed by atoms with van der Waals surface area (Å²) < 4.78 is 0. The maximum Gasteiger partial charge on any atom is 0.0448 e. The van der Waals surface area contributed by atoms with Crippen molar-refractivity contribution in [3.05, 3.63) is 42.0 Å². The highest BCUT2D eigenvalue weighted by Gasteiger charge is 2.34. The predicted octanol–water partition coefficient (Wildman–Crippen LogP) is 3.68. The molecular weight excluding hydrogens is 244 g/mol. The van der Waals surface area contributed by atoms with Gasteiger partial charge in [0.2, 0.25) is 0 Å². The molecule has 2 heteroatoms. The minimum atomic E-state index is 0.618. The van der Waals surface area contributed by atoms with Gasteiger partial charge in [-0.15, -0.1) is 0 Å². The summed E-state index contributed by atoms with van der Waals surface area (Å²) >= 11 is 0. The third-order valence-electron chi connectivity index (χ3n) is 4.66. The first-order valence-corrected chi connectivity index (χ1v) is 7.84. The van der Waals surface area contributed by atoms with Gasteiger partial charge in [-0.3, -0.25) is 0 Å². The molecule has 2 N–H and O–H groups in total. The summed E-state index contributed by atoms with van der Waals surface area (Å²) in [7, 11) is 0. The molecule has 0 radical (unpaired) electrons. The van der Waals surface area contributed by atoms with Gasteiger partial charge < -0.3 is 10.6 Å². The van der Waals surface area contributed by atoms with Crippen molar-refractivity contribution in [1.82, 2.24) is 0 Å². The molecule has 2 saturated carbocycles. The molecule has 0 saturated heterocycles. The van der Waals surface area contributed by atoms with Crippen LogP contribution < -0.4 is 10.6 Å². The van der Waals surface area contributed by atoms with Crippen LogP contribution in [0.3, 0.4) is 0 Å². The zero-order valence-electron chi connectivity index (χ0n) is 11.9. The average Bonchev–Trinajstić information content (AvgIpc) is 3.37. The monoisotopic (exact) mass is 266 g/mol. The lowest BCUT2D eigenvalue weighted by Gasteiger charge is -2.27. The van der Waals surface area contributed by atoms with Crippen LogP contribution in [0.4, 0.5) is 5.69 Å². The summed E-state index contributed by atoms with van der Waals surface area (Å²) in [5, 5.41) is 2.71. The van der Waals surface area contributed by atoms with Crippen molar-refractivity contribution in [1.29, 1.82) is 0 Å². The zero-order chi connectivity index (χ0) is 13.5. The molecule has 2 aromatic rings. The van der Waals surface area contributed by atoms with Gasteiger partial charge in [0, 0.05) is 30.2 Å². The molecule has 2 aromatic carbocycles. The maximum atomic E-state index is 5.89. The van der Waals surface area contributed by atoms with Crippen LogP contribution in [0.5, 0.6) is 0 Å². The Hall–Kier alpha value is -1.54. The van der Waals surface area contributed by atoms with E-state index in [1.165, 1.54) is 54.3 Å². The highest BCUT2D eigenvalue weighted by molar-refractivity contribution is 5.96. The normalized spacial score (nSPS) is 18.4. The molecule has 104 valence electrons. The first-order chi connectivity index (χ1) is 9.86. The number of rotatable bonds is 5. The van der Waals surface area contributed by atoms with Crippen LogP contribution in [0.2, 0.25) is 0 Å². The molecule has 20 heavy (non-hydrogen) atoms. The van der Waals surface area contributed by atoms with Crippen molar-refractivity contribution in [2.75, 3.05) is 11.4 Å². The van der Waals surface area contributed by atoms with Crippen molar-refractivity contribution >= 4 is 16.5 Å². The van der Waals surface area contributed by atoms with Gasteiger partial charge in [0.15, 0.2) is 0 Å². The number of fused-ring (bicyclic) bond motifs is 1. The predicted molar refractivity (Wildman–Crippen MR) is 84.9 cm³/mol. The van der Waals surface area contributed by atoms with Crippen LogP contribution in [0.15, 0.2) is 36.4 Å². The highest BCUT2D eigenvalue weighted by atomic mass is 15.2. The quantitative estimate of drug-likeness (QED) is 0.894. The SMILES string of the molecule is NCc1ccc(N(CC2CC2)C2CC2)c2ccccc12. The summed E-state index contributed by atoms with van der Waals surface area (Å²) in [6.07, 6.45) is 5.56. The van der Waals surface area contributed by atoms with Crippen molar-refractivity contribution in [2.45, 2.75) is 38.3 Å². The Morgan fingerprint density at radius 3 is 2.35 bits per heavy atom. The molecule has 2 nitrogen and oxygen atoms in total. The Morgan fingerprint density at radius 1 is 0.950 bits per heavy atom. The van der Waals surface area contributed by atoms with E-state index in [1.54, 1.807) is 0 Å². The van der Waals surface area contributed by atoms with E-state index in [-0.39, 0.29) is 0 Å². The first kappa shape index (κ1) is 12.2. The van der Waals surface area contributed by atoms with E-state index in [0.29, 0.717) is 6.54 Å². The van der Waals surface area contributed by atoms with Gasteiger partial charge in [-0.1, -0.05) is 30.3 Å². The van der Waals surface area contributed by atoms with Gasteiger partial charge in [-0.2, -0.15) is 0 Å². The van der Waals surface area contributed by atoms with E-state index in [9.17, 15) is 0 Å². The Kier molecular flexibility index (Phi) is 2.92. The van der Waals surface area contributed by atoms with E-state index in [0.717, 1.165) is 12.0 Å². The van der Waals surface area contributed by atoms with Crippen molar-refractivity contribution in [2.24, 2.45) is 11.7 Å². The third-order valence-corrected chi connectivity index (χ3v) is 4.66. The lowest BCUT2D eigenvalue weighted by atomic mass is 10.0. The number of hydrogen-bond acceptors (Lipinski definition) is 2. The van der Waals surface area contributed by atoms with E-state index in [1.807, 2.05) is 0 Å². The molecular formula is C18H22N2. The average molecular weight is 266 g/mol. The van der Waals surface area contributed by atoms with Crippen LogP contribution >= 0.6 is 0 Å². The summed E-state index contributed by atoms with van der Waals surface area (Å²) in [5.74, 6) is 0.934. The van der Waals surface area contributed by atoms with Gasteiger partial charge in [0.05, 0.1) is 0 Å². The van der Waals surface area contributed by atoms with Crippen molar-refractivity contribution in [3.8, 4) is 0 Å². The van der Waals surface area contributed by atoms with Gasteiger partial charge in [0.25, 0.3) is 0 Å². The second-order valence-electron chi connectivity index (χ2n) is 6.32. The molecule has 4 rings (SSSR count). The molecule has 2 aliphatic rings. The Morgan fingerprint density at radius 2 is 1.70 bits per heavy atom.